The van der Waals surface area contributed by atoms with Gasteiger partial charge in [-0.3, -0.25) is 0 Å². The standard InChI is InChI=1S/C11H12N2O/c1-14-9-4-5-13-7-10(8-2-3-8)12-11(13)6-9/h4-8H,2-3H2,1H3. The molecule has 0 radical (unpaired) electrons. The number of aromatic nitrogens is 2. The minimum absolute atomic E-state index is 0.709. The van der Waals surface area contributed by atoms with Crippen LogP contribution in [-0.2, 0) is 0 Å². The molecule has 0 spiro atoms. The average Bonchev–Trinajstić information content (AvgIpc) is 2.97. The molecule has 14 heavy (non-hydrogen) atoms. The van der Waals surface area contributed by atoms with Crippen LogP contribution >= 0.6 is 0 Å². The van der Waals surface area contributed by atoms with Crippen molar-refractivity contribution in [3.8, 4) is 5.75 Å². The first-order valence-corrected chi connectivity index (χ1v) is 4.89. The van der Waals surface area contributed by atoms with Crippen LogP contribution < -0.4 is 4.74 Å². The van der Waals surface area contributed by atoms with Crippen molar-refractivity contribution < 1.29 is 4.74 Å². The van der Waals surface area contributed by atoms with Gasteiger partial charge in [-0.25, -0.2) is 4.98 Å². The molecule has 0 aromatic carbocycles. The fraction of sp³-hybridized carbons (Fsp3) is 0.364. The van der Waals surface area contributed by atoms with E-state index in [2.05, 4.69) is 15.6 Å². The molecule has 0 aliphatic heterocycles. The van der Waals surface area contributed by atoms with Gasteiger partial charge in [-0.1, -0.05) is 0 Å². The maximum atomic E-state index is 5.15. The topological polar surface area (TPSA) is 26.5 Å². The minimum atomic E-state index is 0.709. The van der Waals surface area contributed by atoms with Crippen molar-refractivity contribution in [1.82, 2.24) is 9.38 Å². The summed E-state index contributed by atoms with van der Waals surface area (Å²) in [6.45, 7) is 0. The second-order valence-electron chi connectivity index (χ2n) is 3.77. The van der Waals surface area contributed by atoms with E-state index in [0.717, 1.165) is 11.4 Å². The second kappa shape index (κ2) is 2.74. The van der Waals surface area contributed by atoms with Gasteiger partial charge in [-0.15, -0.1) is 0 Å². The van der Waals surface area contributed by atoms with Gasteiger partial charge in [0.1, 0.15) is 11.4 Å². The summed E-state index contributed by atoms with van der Waals surface area (Å²) in [7, 11) is 1.68. The van der Waals surface area contributed by atoms with E-state index in [1.807, 2.05) is 18.3 Å². The molecule has 1 saturated carbocycles. The van der Waals surface area contributed by atoms with E-state index in [4.69, 9.17) is 4.74 Å². The lowest BCUT2D eigenvalue weighted by Crippen LogP contribution is -1.86. The number of hydrogen-bond donors (Lipinski definition) is 0. The zero-order chi connectivity index (χ0) is 9.54. The highest BCUT2D eigenvalue weighted by Crippen LogP contribution is 2.39. The SMILES string of the molecule is COc1ccn2cc(C3CC3)nc2c1. The van der Waals surface area contributed by atoms with E-state index in [1.54, 1.807) is 7.11 Å². The lowest BCUT2D eigenvalue weighted by atomic mass is 10.3. The highest BCUT2D eigenvalue weighted by Gasteiger charge is 2.26. The summed E-state index contributed by atoms with van der Waals surface area (Å²) in [6, 6.07) is 3.91. The van der Waals surface area contributed by atoms with Crippen LogP contribution in [0.4, 0.5) is 0 Å². The Morgan fingerprint density at radius 2 is 2.36 bits per heavy atom. The fourth-order valence-corrected chi connectivity index (χ4v) is 1.69. The molecule has 1 aliphatic rings. The lowest BCUT2D eigenvalue weighted by Gasteiger charge is -1.98. The third-order valence-electron chi connectivity index (χ3n) is 2.68. The number of ether oxygens (including phenoxy) is 1. The van der Waals surface area contributed by atoms with Crippen LogP contribution in [0.1, 0.15) is 24.5 Å². The molecule has 3 heteroatoms. The summed E-state index contributed by atoms with van der Waals surface area (Å²) >= 11 is 0. The number of nitrogens with zero attached hydrogens (tertiary/aromatic N) is 2. The van der Waals surface area contributed by atoms with E-state index >= 15 is 0 Å². The molecule has 0 atom stereocenters. The maximum absolute atomic E-state index is 5.15. The third-order valence-corrected chi connectivity index (χ3v) is 2.68. The molecule has 0 N–H and O–H groups in total. The molecule has 2 heterocycles. The quantitative estimate of drug-likeness (QED) is 0.722. The molecule has 0 bridgehead atoms. The van der Waals surface area contributed by atoms with Crippen molar-refractivity contribution in [1.29, 1.82) is 0 Å². The Morgan fingerprint density at radius 1 is 1.50 bits per heavy atom. The van der Waals surface area contributed by atoms with E-state index in [9.17, 15) is 0 Å². The zero-order valence-corrected chi connectivity index (χ0v) is 8.10. The van der Waals surface area contributed by atoms with Gasteiger partial charge in [0.2, 0.25) is 0 Å². The molecular weight excluding hydrogens is 176 g/mol. The smallest absolute Gasteiger partial charge is 0.140 e. The summed E-state index contributed by atoms with van der Waals surface area (Å²) < 4.78 is 7.21. The Morgan fingerprint density at radius 3 is 3.07 bits per heavy atom. The molecule has 3 nitrogen and oxygen atoms in total. The molecule has 72 valence electrons. The molecule has 3 rings (SSSR count). The van der Waals surface area contributed by atoms with Crippen LogP contribution in [0.15, 0.2) is 24.5 Å². The minimum Gasteiger partial charge on any atom is -0.497 e. The van der Waals surface area contributed by atoms with Gasteiger partial charge in [0.25, 0.3) is 0 Å². The predicted octanol–water partition coefficient (Wildman–Crippen LogP) is 2.22. The Balaban J connectivity index is 2.12. The van der Waals surface area contributed by atoms with Gasteiger partial charge in [-0.05, 0) is 18.9 Å². The van der Waals surface area contributed by atoms with Gasteiger partial charge in [0.05, 0.1) is 12.8 Å². The van der Waals surface area contributed by atoms with E-state index in [-0.39, 0.29) is 0 Å². The number of pyridine rings is 1. The van der Waals surface area contributed by atoms with Crippen molar-refractivity contribution in [2.75, 3.05) is 7.11 Å². The first-order valence-electron chi connectivity index (χ1n) is 4.89. The van der Waals surface area contributed by atoms with Crippen LogP contribution in [0.5, 0.6) is 5.75 Å². The van der Waals surface area contributed by atoms with Crippen LogP contribution in [0.25, 0.3) is 5.65 Å². The predicted molar refractivity (Wildman–Crippen MR) is 53.7 cm³/mol. The van der Waals surface area contributed by atoms with Crippen LogP contribution in [0.2, 0.25) is 0 Å². The number of fused-ring (bicyclic) bond motifs is 1. The summed E-state index contributed by atoms with van der Waals surface area (Å²) in [5.41, 5.74) is 2.20. The van der Waals surface area contributed by atoms with Crippen LogP contribution in [0, 0.1) is 0 Å². The number of rotatable bonds is 2. The molecule has 0 amide bonds. The van der Waals surface area contributed by atoms with Crippen molar-refractivity contribution in [2.45, 2.75) is 18.8 Å². The van der Waals surface area contributed by atoms with Gasteiger partial charge < -0.3 is 9.14 Å². The van der Waals surface area contributed by atoms with Gasteiger partial charge in [-0.2, -0.15) is 0 Å². The second-order valence-corrected chi connectivity index (χ2v) is 3.77. The number of imidazole rings is 1. The summed E-state index contributed by atoms with van der Waals surface area (Å²) in [5.74, 6) is 1.58. The van der Waals surface area contributed by atoms with E-state index in [0.29, 0.717) is 5.92 Å². The lowest BCUT2D eigenvalue weighted by molar-refractivity contribution is 0.414. The highest BCUT2D eigenvalue weighted by atomic mass is 16.5. The molecule has 0 saturated heterocycles. The summed E-state index contributed by atoms with van der Waals surface area (Å²) in [4.78, 5) is 4.57. The van der Waals surface area contributed by atoms with Gasteiger partial charge in [0, 0.05) is 24.4 Å². The first-order chi connectivity index (χ1) is 6.86. The molecule has 0 unspecified atom stereocenters. The Labute approximate surface area is 82.3 Å². The van der Waals surface area contributed by atoms with Crippen molar-refractivity contribution >= 4 is 5.65 Å². The van der Waals surface area contributed by atoms with Crippen LogP contribution in [0.3, 0.4) is 0 Å². The van der Waals surface area contributed by atoms with Crippen molar-refractivity contribution in [2.24, 2.45) is 0 Å². The van der Waals surface area contributed by atoms with Gasteiger partial charge in [0.15, 0.2) is 0 Å². The molecule has 1 fully saturated rings. The monoisotopic (exact) mass is 188 g/mol. The normalized spacial score (nSPS) is 16.1. The molecular formula is C11H12N2O. The third kappa shape index (κ3) is 1.16. The average molecular weight is 188 g/mol. The Kier molecular flexibility index (Phi) is 1.54. The largest absolute Gasteiger partial charge is 0.497 e. The maximum Gasteiger partial charge on any atom is 0.140 e. The zero-order valence-electron chi connectivity index (χ0n) is 8.10. The summed E-state index contributed by atoms with van der Waals surface area (Å²) in [6.07, 6.45) is 6.70. The van der Waals surface area contributed by atoms with E-state index < -0.39 is 0 Å². The first kappa shape index (κ1) is 7.85. The molecule has 2 aromatic rings. The number of hydrogen-bond acceptors (Lipinski definition) is 2. The Bertz CT molecular complexity index is 471. The fourth-order valence-electron chi connectivity index (χ4n) is 1.69. The Hall–Kier alpha value is -1.51. The molecule has 1 aliphatic carbocycles. The van der Waals surface area contributed by atoms with Crippen LogP contribution in [-0.4, -0.2) is 16.5 Å². The van der Waals surface area contributed by atoms with Crippen molar-refractivity contribution in [3.63, 3.8) is 0 Å². The highest BCUT2D eigenvalue weighted by molar-refractivity contribution is 5.46. The van der Waals surface area contributed by atoms with Crippen molar-refractivity contribution in [3.05, 3.63) is 30.2 Å². The summed E-state index contributed by atoms with van der Waals surface area (Å²) in [5, 5.41) is 0. The van der Waals surface area contributed by atoms with Gasteiger partial charge >= 0.3 is 0 Å². The molecule has 2 aromatic heterocycles. The van der Waals surface area contributed by atoms with E-state index in [1.165, 1.54) is 18.5 Å². The number of methoxy groups -OCH3 is 1.